The van der Waals surface area contributed by atoms with Crippen molar-refractivity contribution in [2.45, 2.75) is 39.3 Å². The van der Waals surface area contributed by atoms with Gasteiger partial charge in [-0.2, -0.15) is 0 Å². The topological polar surface area (TPSA) is 52.1 Å². The van der Waals surface area contributed by atoms with E-state index < -0.39 is 0 Å². The number of rotatable bonds is 9. The number of nitrogens with one attached hydrogen (secondary N) is 1. The molecule has 5 heteroatoms. The number of imidazole rings is 1. The summed E-state index contributed by atoms with van der Waals surface area (Å²) in [6, 6.07) is 4.45. The molecule has 4 nitrogen and oxygen atoms in total. The molecule has 0 amide bonds. The lowest BCUT2D eigenvalue weighted by Crippen LogP contribution is -2.26. The van der Waals surface area contributed by atoms with Crippen LogP contribution in [0, 0.1) is 0 Å². The molecule has 110 valence electrons. The maximum absolute atomic E-state index is 9.20. The number of aliphatic hydroxyl groups excluding tert-OH is 1. The Hall–Kier alpha value is -1.17. The molecule has 2 aromatic rings. The number of H-pyrrole nitrogens is 1. The summed E-state index contributed by atoms with van der Waals surface area (Å²) in [5, 5.41) is 9.20. The summed E-state index contributed by atoms with van der Waals surface area (Å²) in [5.41, 5.74) is 0. The number of hydrogen-bond acceptors (Lipinski definition) is 4. The van der Waals surface area contributed by atoms with Crippen LogP contribution in [0.3, 0.4) is 0 Å². The zero-order chi connectivity index (χ0) is 14.2. The smallest absolute Gasteiger partial charge is 0.120 e. The number of aliphatic hydroxyl groups is 1. The molecule has 0 spiro atoms. The molecule has 0 bridgehead atoms. The van der Waals surface area contributed by atoms with Crippen LogP contribution in [0.4, 0.5) is 0 Å². The van der Waals surface area contributed by atoms with Crippen molar-refractivity contribution in [2.75, 3.05) is 13.2 Å². The summed E-state index contributed by atoms with van der Waals surface area (Å²) in [4.78, 5) is 12.4. The van der Waals surface area contributed by atoms with Gasteiger partial charge < -0.3 is 10.1 Å². The molecule has 0 radical (unpaired) electrons. The van der Waals surface area contributed by atoms with E-state index in [0.717, 1.165) is 18.9 Å². The third-order valence-corrected chi connectivity index (χ3v) is 4.35. The molecule has 2 heterocycles. The Morgan fingerprint density at radius 3 is 2.85 bits per heavy atom. The summed E-state index contributed by atoms with van der Waals surface area (Å²) in [6.45, 7) is 4.69. The van der Waals surface area contributed by atoms with Gasteiger partial charge in [0.25, 0.3) is 0 Å². The van der Waals surface area contributed by atoms with Crippen LogP contribution in [0.1, 0.15) is 35.3 Å². The average Bonchev–Trinajstić information content (AvgIpc) is 3.08. The zero-order valence-electron chi connectivity index (χ0n) is 12.0. The number of nitrogens with zero attached hydrogens (tertiary/aromatic N) is 2. The first-order valence-electron chi connectivity index (χ1n) is 7.21. The van der Waals surface area contributed by atoms with Gasteiger partial charge in [0.1, 0.15) is 5.82 Å². The van der Waals surface area contributed by atoms with E-state index >= 15 is 0 Å². The first-order chi connectivity index (χ1) is 9.81. The standard InChI is InChI=1S/C15H23N3OS/c1-2-3-4-13-5-6-14(20-13)11-18(9-10-19)12-15-16-7-8-17-15/h5-8,19H,2-4,9-12H2,1H3,(H,16,17). The average molecular weight is 293 g/mol. The highest BCUT2D eigenvalue weighted by atomic mass is 32.1. The van der Waals surface area contributed by atoms with Crippen LogP contribution in [-0.4, -0.2) is 33.1 Å². The lowest BCUT2D eigenvalue weighted by atomic mass is 10.2. The van der Waals surface area contributed by atoms with Gasteiger partial charge in [-0.3, -0.25) is 4.90 Å². The Kier molecular flexibility index (Phi) is 6.24. The van der Waals surface area contributed by atoms with Crippen LogP contribution >= 0.6 is 11.3 Å². The molecular formula is C15H23N3OS. The minimum Gasteiger partial charge on any atom is -0.395 e. The zero-order valence-corrected chi connectivity index (χ0v) is 12.8. The molecule has 0 saturated carbocycles. The molecular weight excluding hydrogens is 270 g/mol. The minimum absolute atomic E-state index is 0.175. The highest BCUT2D eigenvalue weighted by Crippen LogP contribution is 2.20. The first kappa shape index (κ1) is 15.2. The van der Waals surface area contributed by atoms with Crippen molar-refractivity contribution in [3.05, 3.63) is 40.1 Å². The first-order valence-corrected chi connectivity index (χ1v) is 8.02. The Labute approximate surface area is 124 Å². The Bertz CT molecular complexity index is 481. The Morgan fingerprint density at radius 1 is 1.30 bits per heavy atom. The normalized spacial score (nSPS) is 11.3. The molecule has 2 rings (SSSR count). The molecule has 0 saturated heterocycles. The van der Waals surface area contributed by atoms with Gasteiger partial charge in [0, 0.05) is 35.2 Å². The number of thiophene rings is 1. The van der Waals surface area contributed by atoms with Crippen LogP contribution in [0.5, 0.6) is 0 Å². The molecule has 2 aromatic heterocycles. The third kappa shape index (κ3) is 4.74. The molecule has 0 aliphatic carbocycles. The number of aromatic nitrogens is 2. The van der Waals surface area contributed by atoms with Crippen molar-refractivity contribution in [2.24, 2.45) is 0 Å². The molecule has 0 unspecified atom stereocenters. The van der Waals surface area contributed by atoms with Crippen molar-refractivity contribution in [1.29, 1.82) is 0 Å². The molecule has 0 atom stereocenters. The van der Waals surface area contributed by atoms with Crippen LogP contribution < -0.4 is 0 Å². The highest BCUT2D eigenvalue weighted by Gasteiger charge is 2.09. The van der Waals surface area contributed by atoms with Crippen LogP contribution in [0.25, 0.3) is 0 Å². The summed E-state index contributed by atoms with van der Waals surface area (Å²) in [6.07, 6.45) is 7.27. The van der Waals surface area contributed by atoms with Crippen molar-refractivity contribution in [3.63, 3.8) is 0 Å². The SMILES string of the molecule is CCCCc1ccc(CN(CCO)Cc2ncc[nH]2)s1. The van der Waals surface area contributed by atoms with Gasteiger partial charge in [-0.15, -0.1) is 11.3 Å². The summed E-state index contributed by atoms with van der Waals surface area (Å²) in [7, 11) is 0. The Morgan fingerprint density at radius 2 is 2.15 bits per heavy atom. The monoisotopic (exact) mass is 293 g/mol. The second kappa shape index (κ2) is 8.19. The van der Waals surface area contributed by atoms with Crippen LogP contribution in [-0.2, 0) is 19.5 Å². The number of unbranched alkanes of at least 4 members (excludes halogenated alkanes) is 1. The van der Waals surface area contributed by atoms with Crippen molar-refractivity contribution in [3.8, 4) is 0 Å². The molecule has 0 aliphatic heterocycles. The van der Waals surface area contributed by atoms with E-state index in [9.17, 15) is 5.11 Å². The van der Waals surface area contributed by atoms with E-state index in [4.69, 9.17) is 0 Å². The largest absolute Gasteiger partial charge is 0.395 e. The van der Waals surface area contributed by atoms with Gasteiger partial charge >= 0.3 is 0 Å². The molecule has 20 heavy (non-hydrogen) atoms. The molecule has 0 aromatic carbocycles. The van der Waals surface area contributed by atoms with Crippen molar-refractivity contribution >= 4 is 11.3 Å². The maximum atomic E-state index is 9.20. The second-order valence-electron chi connectivity index (χ2n) is 4.94. The van der Waals surface area contributed by atoms with E-state index in [1.165, 1.54) is 29.0 Å². The van der Waals surface area contributed by atoms with E-state index in [2.05, 4.69) is 33.9 Å². The van der Waals surface area contributed by atoms with Gasteiger partial charge in [0.2, 0.25) is 0 Å². The summed E-state index contributed by atoms with van der Waals surface area (Å²) >= 11 is 1.89. The van der Waals surface area contributed by atoms with Gasteiger partial charge in [-0.05, 0) is 25.0 Å². The van der Waals surface area contributed by atoms with E-state index in [1.807, 2.05) is 17.5 Å². The predicted octanol–water partition coefficient (Wildman–Crippen LogP) is 2.81. The molecule has 0 aliphatic rings. The number of aromatic amines is 1. The Balaban J connectivity index is 1.91. The van der Waals surface area contributed by atoms with Crippen molar-refractivity contribution < 1.29 is 5.11 Å². The van der Waals surface area contributed by atoms with Crippen molar-refractivity contribution in [1.82, 2.24) is 14.9 Å². The van der Waals surface area contributed by atoms with E-state index in [1.54, 1.807) is 6.20 Å². The quantitative estimate of drug-likeness (QED) is 0.747. The van der Waals surface area contributed by atoms with Crippen LogP contribution in [0.15, 0.2) is 24.5 Å². The fourth-order valence-corrected chi connectivity index (χ4v) is 3.27. The molecule has 0 fully saturated rings. The third-order valence-electron chi connectivity index (χ3n) is 3.22. The maximum Gasteiger partial charge on any atom is 0.120 e. The number of hydrogen-bond donors (Lipinski definition) is 2. The molecule has 2 N–H and O–H groups in total. The van der Waals surface area contributed by atoms with E-state index in [0.29, 0.717) is 6.54 Å². The fraction of sp³-hybridized carbons (Fsp3) is 0.533. The lowest BCUT2D eigenvalue weighted by molar-refractivity contribution is 0.182. The second-order valence-corrected chi connectivity index (χ2v) is 6.19. The number of aryl methyl sites for hydroxylation is 1. The van der Waals surface area contributed by atoms with Gasteiger partial charge in [0.15, 0.2) is 0 Å². The summed E-state index contributed by atoms with van der Waals surface area (Å²) < 4.78 is 0. The lowest BCUT2D eigenvalue weighted by Gasteiger charge is -2.19. The summed E-state index contributed by atoms with van der Waals surface area (Å²) in [5.74, 6) is 0.946. The van der Waals surface area contributed by atoms with Gasteiger partial charge in [-0.1, -0.05) is 13.3 Å². The fourth-order valence-electron chi connectivity index (χ4n) is 2.16. The van der Waals surface area contributed by atoms with E-state index in [-0.39, 0.29) is 6.61 Å². The predicted molar refractivity (Wildman–Crippen MR) is 82.7 cm³/mol. The van der Waals surface area contributed by atoms with Gasteiger partial charge in [-0.25, -0.2) is 4.98 Å². The highest BCUT2D eigenvalue weighted by molar-refractivity contribution is 7.11. The van der Waals surface area contributed by atoms with Gasteiger partial charge in [0.05, 0.1) is 13.2 Å². The van der Waals surface area contributed by atoms with Crippen LogP contribution in [0.2, 0.25) is 0 Å². The minimum atomic E-state index is 0.175.